The van der Waals surface area contributed by atoms with Crippen LogP contribution in [0.1, 0.15) is 41.7 Å². The fraction of sp³-hybridized carbons (Fsp3) is 0.545. The summed E-state index contributed by atoms with van der Waals surface area (Å²) in [7, 11) is 0. The third kappa shape index (κ3) is 2.25. The standard InChI is InChI=1S/C11H15NO4/c13-10(7-3-1-2-6-12-7)8-4-5-9(16-8)11(14)15/h4-5,7,10,12-13H,1-3,6H2,(H,14,15). The molecular weight excluding hydrogens is 210 g/mol. The predicted molar refractivity (Wildman–Crippen MR) is 56.3 cm³/mol. The zero-order chi connectivity index (χ0) is 11.5. The number of carbonyl (C=O) groups is 1. The van der Waals surface area contributed by atoms with Gasteiger partial charge in [0, 0.05) is 6.04 Å². The maximum absolute atomic E-state index is 10.6. The Morgan fingerprint density at radius 2 is 2.31 bits per heavy atom. The molecule has 5 heteroatoms. The minimum atomic E-state index is -1.12. The van der Waals surface area contributed by atoms with Crippen LogP contribution in [-0.4, -0.2) is 28.8 Å². The van der Waals surface area contributed by atoms with Crippen molar-refractivity contribution in [3.05, 3.63) is 23.7 Å². The molecule has 0 spiro atoms. The molecule has 2 heterocycles. The summed E-state index contributed by atoms with van der Waals surface area (Å²) in [6.07, 6.45) is 2.29. The van der Waals surface area contributed by atoms with Gasteiger partial charge < -0.3 is 19.9 Å². The molecule has 1 fully saturated rings. The second-order valence-corrected chi connectivity index (χ2v) is 4.01. The molecule has 0 radical (unpaired) electrons. The molecule has 1 aliphatic rings. The van der Waals surface area contributed by atoms with Gasteiger partial charge in [-0.1, -0.05) is 6.42 Å². The van der Waals surface area contributed by atoms with Crippen molar-refractivity contribution in [1.82, 2.24) is 5.32 Å². The lowest BCUT2D eigenvalue weighted by atomic mass is 9.98. The average Bonchev–Trinajstić information content (AvgIpc) is 2.78. The van der Waals surface area contributed by atoms with Gasteiger partial charge in [0.15, 0.2) is 0 Å². The van der Waals surface area contributed by atoms with Crippen LogP contribution in [0.4, 0.5) is 0 Å². The lowest BCUT2D eigenvalue weighted by molar-refractivity contribution is 0.0632. The Balaban J connectivity index is 2.07. The van der Waals surface area contributed by atoms with Gasteiger partial charge in [0.05, 0.1) is 0 Å². The van der Waals surface area contributed by atoms with E-state index in [0.29, 0.717) is 5.76 Å². The number of furan rings is 1. The molecule has 5 nitrogen and oxygen atoms in total. The largest absolute Gasteiger partial charge is 0.475 e. The van der Waals surface area contributed by atoms with E-state index >= 15 is 0 Å². The molecular formula is C11H15NO4. The fourth-order valence-corrected chi connectivity index (χ4v) is 1.97. The SMILES string of the molecule is O=C(O)c1ccc(C(O)C2CCCCN2)o1. The smallest absolute Gasteiger partial charge is 0.371 e. The highest BCUT2D eigenvalue weighted by molar-refractivity contribution is 5.84. The first-order valence-corrected chi connectivity index (χ1v) is 5.43. The van der Waals surface area contributed by atoms with Gasteiger partial charge in [0.1, 0.15) is 11.9 Å². The minimum Gasteiger partial charge on any atom is -0.475 e. The maximum atomic E-state index is 10.6. The van der Waals surface area contributed by atoms with E-state index in [1.165, 1.54) is 12.1 Å². The summed E-state index contributed by atoms with van der Waals surface area (Å²) in [6.45, 7) is 0.883. The predicted octanol–water partition coefficient (Wildman–Crippen LogP) is 1.15. The number of carboxylic acid groups (broad SMARTS) is 1. The zero-order valence-corrected chi connectivity index (χ0v) is 8.85. The summed E-state index contributed by atoms with van der Waals surface area (Å²) >= 11 is 0. The molecule has 88 valence electrons. The molecule has 2 atom stereocenters. The number of carboxylic acids is 1. The van der Waals surface area contributed by atoms with Gasteiger partial charge in [-0.25, -0.2) is 4.79 Å². The summed E-state index contributed by atoms with van der Waals surface area (Å²) in [5.41, 5.74) is 0. The van der Waals surface area contributed by atoms with Crippen LogP contribution in [0.25, 0.3) is 0 Å². The first kappa shape index (κ1) is 11.2. The molecule has 1 saturated heterocycles. The van der Waals surface area contributed by atoms with Crippen molar-refractivity contribution in [2.24, 2.45) is 0 Å². The molecule has 1 aromatic rings. The number of hydrogen-bond donors (Lipinski definition) is 3. The second kappa shape index (κ2) is 4.67. The van der Waals surface area contributed by atoms with E-state index in [-0.39, 0.29) is 11.8 Å². The third-order valence-electron chi connectivity index (χ3n) is 2.86. The van der Waals surface area contributed by atoms with Crippen LogP contribution in [0.3, 0.4) is 0 Å². The van der Waals surface area contributed by atoms with Gasteiger partial charge in [-0.3, -0.25) is 0 Å². The van der Waals surface area contributed by atoms with Crippen molar-refractivity contribution < 1.29 is 19.4 Å². The number of piperidine rings is 1. The Hall–Kier alpha value is -1.33. The molecule has 0 amide bonds. The summed E-state index contributed by atoms with van der Waals surface area (Å²) in [4.78, 5) is 10.6. The van der Waals surface area contributed by atoms with E-state index in [4.69, 9.17) is 9.52 Å². The van der Waals surface area contributed by atoms with Crippen molar-refractivity contribution in [2.75, 3.05) is 6.54 Å². The average molecular weight is 225 g/mol. The highest BCUT2D eigenvalue weighted by Gasteiger charge is 2.25. The Morgan fingerprint density at radius 1 is 1.50 bits per heavy atom. The fourth-order valence-electron chi connectivity index (χ4n) is 1.97. The van der Waals surface area contributed by atoms with Gasteiger partial charge in [-0.15, -0.1) is 0 Å². The van der Waals surface area contributed by atoms with Crippen molar-refractivity contribution in [3.8, 4) is 0 Å². The highest BCUT2D eigenvalue weighted by Crippen LogP contribution is 2.24. The van der Waals surface area contributed by atoms with E-state index in [9.17, 15) is 9.90 Å². The van der Waals surface area contributed by atoms with E-state index in [1.54, 1.807) is 0 Å². The Morgan fingerprint density at radius 3 is 2.88 bits per heavy atom. The van der Waals surface area contributed by atoms with E-state index in [2.05, 4.69) is 5.32 Å². The first-order chi connectivity index (χ1) is 7.68. The van der Waals surface area contributed by atoms with Gasteiger partial charge in [0.2, 0.25) is 5.76 Å². The van der Waals surface area contributed by atoms with Gasteiger partial charge >= 0.3 is 5.97 Å². The van der Waals surface area contributed by atoms with Gasteiger partial charge in [0.25, 0.3) is 0 Å². The van der Waals surface area contributed by atoms with Crippen molar-refractivity contribution in [1.29, 1.82) is 0 Å². The molecule has 1 aliphatic heterocycles. The molecule has 16 heavy (non-hydrogen) atoms. The Kier molecular flexibility index (Phi) is 3.26. The zero-order valence-electron chi connectivity index (χ0n) is 8.85. The van der Waals surface area contributed by atoms with Crippen LogP contribution in [0.15, 0.2) is 16.5 Å². The number of aliphatic hydroxyl groups is 1. The van der Waals surface area contributed by atoms with Crippen molar-refractivity contribution in [3.63, 3.8) is 0 Å². The quantitative estimate of drug-likeness (QED) is 0.718. The first-order valence-electron chi connectivity index (χ1n) is 5.43. The van der Waals surface area contributed by atoms with E-state index in [0.717, 1.165) is 25.8 Å². The number of aliphatic hydroxyl groups excluding tert-OH is 1. The van der Waals surface area contributed by atoms with Crippen LogP contribution in [0, 0.1) is 0 Å². The third-order valence-corrected chi connectivity index (χ3v) is 2.86. The minimum absolute atomic E-state index is 0.0402. The number of rotatable bonds is 3. The molecule has 1 aromatic heterocycles. The second-order valence-electron chi connectivity index (χ2n) is 4.01. The Labute approximate surface area is 93.1 Å². The van der Waals surface area contributed by atoms with Gasteiger partial charge in [-0.2, -0.15) is 0 Å². The van der Waals surface area contributed by atoms with Gasteiger partial charge in [-0.05, 0) is 31.5 Å². The summed E-state index contributed by atoms with van der Waals surface area (Å²) in [5, 5.41) is 21.9. The number of hydrogen-bond acceptors (Lipinski definition) is 4. The van der Waals surface area contributed by atoms with Crippen LogP contribution in [0.2, 0.25) is 0 Å². The Bertz CT molecular complexity index is 368. The molecule has 2 unspecified atom stereocenters. The molecule has 0 aliphatic carbocycles. The number of nitrogens with one attached hydrogen (secondary N) is 1. The van der Waals surface area contributed by atoms with Crippen molar-refractivity contribution in [2.45, 2.75) is 31.4 Å². The summed E-state index contributed by atoms with van der Waals surface area (Å²) in [5.74, 6) is -0.934. The number of aromatic carboxylic acids is 1. The topological polar surface area (TPSA) is 82.7 Å². The molecule has 0 bridgehead atoms. The lowest BCUT2D eigenvalue weighted by Gasteiger charge is -2.26. The maximum Gasteiger partial charge on any atom is 0.371 e. The van der Waals surface area contributed by atoms with E-state index in [1.807, 2.05) is 0 Å². The van der Waals surface area contributed by atoms with Crippen LogP contribution < -0.4 is 5.32 Å². The monoisotopic (exact) mass is 225 g/mol. The van der Waals surface area contributed by atoms with Crippen LogP contribution >= 0.6 is 0 Å². The molecule has 2 rings (SSSR count). The summed E-state index contributed by atoms with van der Waals surface area (Å²) < 4.78 is 5.07. The summed E-state index contributed by atoms with van der Waals surface area (Å²) in [6, 6.07) is 2.84. The lowest BCUT2D eigenvalue weighted by Crippen LogP contribution is -2.38. The molecule has 0 aromatic carbocycles. The van der Waals surface area contributed by atoms with Crippen molar-refractivity contribution >= 4 is 5.97 Å². The van der Waals surface area contributed by atoms with E-state index < -0.39 is 12.1 Å². The molecule has 0 saturated carbocycles. The van der Waals surface area contributed by atoms with Crippen LogP contribution in [-0.2, 0) is 0 Å². The highest BCUT2D eigenvalue weighted by atomic mass is 16.4. The molecule has 3 N–H and O–H groups in total. The normalized spacial score (nSPS) is 22.9. The van der Waals surface area contributed by atoms with Crippen LogP contribution in [0.5, 0.6) is 0 Å².